The smallest absolute Gasteiger partial charge is 0.0380 e. The summed E-state index contributed by atoms with van der Waals surface area (Å²) in [7, 11) is 0. The average Bonchev–Trinajstić information content (AvgIpc) is 1.81. The molecule has 0 saturated carbocycles. The second-order valence-corrected chi connectivity index (χ2v) is 4.45. The number of hydrogen-bond donors (Lipinski definition) is 0. The first kappa shape index (κ1) is 10.0. The van der Waals surface area contributed by atoms with Gasteiger partial charge in [0.25, 0.3) is 0 Å². The molecule has 10 heavy (non-hydrogen) atoms. The van der Waals surface area contributed by atoms with Crippen LogP contribution < -0.4 is 0 Å². The molecule has 0 amide bonds. The Morgan fingerprint density at radius 1 is 1.00 bits per heavy atom. The second kappa shape index (κ2) is 4.00. The zero-order valence-electron chi connectivity index (χ0n) is 8.20. The van der Waals surface area contributed by atoms with Crippen molar-refractivity contribution in [1.29, 1.82) is 0 Å². The van der Waals surface area contributed by atoms with Gasteiger partial charge in [-0.05, 0) is 17.8 Å². The van der Waals surface area contributed by atoms with Crippen molar-refractivity contribution < 1.29 is 0 Å². The van der Waals surface area contributed by atoms with Gasteiger partial charge in [-0.3, -0.25) is 0 Å². The lowest BCUT2D eigenvalue weighted by molar-refractivity contribution is 0.282. The molecule has 0 N–H and O–H groups in total. The Morgan fingerprint density at radius 2 is 1.40 bits per heavy atom. The van der Waals surface area contributed by atoms with E-state index < -0.39 is 0 Å². The highest BCUT2D eigenvalue weighted by Crippen LogP contribution is 2.27. The first-order valence-corrected chi connectivity index (χ1v) is 4.49. The van der Waals surface area contributed by atoms with Crippen LogP contribution in [0.3, 0.4) is 0 Å². The van der Waals surface area contributed by atoms with E-state index in [9.17, 15) is 0 Å². The van der Waals surface area contributed by atoms with Crippen molar-refractivity contribution in [1.82, 2.24) is 0 Å². The van der Waals surface area contributed by atoms with E-state index in [1.165, 1.54) is 19.3 Å². The molecule has 0 aliphatic heterocycles. The first-order chi connectivity index (χ1) is 4.49. The zero-order chi connectivity index (χ0) is 8.20. The summed E-state index contributed by atoms with van der Waals surface area (Å²) in [5, 5.41) is 0. The number of hydrogen-bond acceptors (Lipinski definition) is 0. The van der Waals surface area contributed by atoms with E-state index in [1.807, 2.05) is 0 Å². The fourth-order valence-corrected chi connectivity index (χ4v) is 1.44. The molecule has 0 aliphatic rings. The van der Waals surface area contributed by atoms with E-state index in [-0.39, 0.29) is 0 Å². The van der Waals surface area contributed by atoms with Gasteiger partial charge in [-0.25, -0.2) is 0 Å². The Kier molecular flexibility index (Phi) is 4.00. The summed E-state index contributed by atoms with van der Waals surface area (Å²) >= 11 is 0. The van der Waals surface area contributed by atoms with Gasteiger partial charge in [-0.15, -0.1) is 0 Å². The van der Waals surface area contributed by atoms with Crippen LogP contribution in [0.25, 0.3) is 0 Å². The van der Waals surface area contributed by atoms with E-state index in [1.54, 1.807) is 0 Å². The highest BCUT2D eigenvalue weighted by molar-refractivity contribution is 4.66. The van der Waals surface area contributed by atoms with E-state index >= 15 is 0 Å². The van der Waals surface area contributed by atoms with Gasteiger partial charge in [0.1, 0.15) is 0 Å². The van der Waals surface area contributed by atoms with Crippen molar-refractivity contribution in [2.45, 2.75) is 53.9 Å². The molecule has 0 unspecified atom stereocenters. The van der Waals surface area contributed by atoms with Crippen molar-refractivity contribution in [2.24, 2.45) is 11.3 Å². The van der Waals surface area contributed by atoms with Gasteiger partial charge in [0.15, 0.2) is 0 Å². The van der Waals surface area contributed by atoms with Crippen LogP contribution in [-0.4, -0.2) is 0 Å². The lowest BCUT2D eigenvalue weighted by Crippen LogP contribution is -2.11. The van der Waals surface area contributed by atoms with Crippen LogP contribution in [0, 0.1) is 11.3 Å². The minimum Gasteiger partial charge on any atom is -0.0651 e. The van der Waals surface area contributed by atoms with Crippen LogP contribution in [0.2, 0.25) is 0 Å². The SMILES string of the molecule is CCC(CC)CC(C)(C)C. The summed E-state index contributed by atoms with van der Waals surface area (Å²) < 4.78 is 0. The number of rotatable bonds is 3. The first-order valence-electron chi connectivity index (χ1n) is 4.49. The molecule has 0 aliphatic carbocycles. The van der Waals surface area contributed by atoms with Crippen molar-refractivity contribution in [3.05, 3.63) is 0 Å². The standard InChI is InChI=1S/C10H22/c1-6-9(7-2)8-10(3,4)5/h9H,6-8H2,1-5H3. The van der Waals surface area contributed by atoms with Crippen molar-refractivity contribution in [3.63, 3.8) is 0 Å². The molecule has 0 rings (SSSR count). The largest absolute Gasteiger partial charge is 0.0651 e. The Hall–Kier alpha value is 0. The van der Waals surface area contributed by atoms with Crippen molar-refractivity contribution in [2.75, 3.05) is 0 Å². The molecule has 0 fully saturated rings. The van der Waals surface area contributed by atoms with E-state index in [4.69, 9.17) is 0 Å². The monoisotopic (exact) mass is 142 g/mol. The Bertz CT molecular complexity index is 72.5. The molecule has 0 aromatic rings. The molecule has 0 saturated heterocycles. The molecule has 0 spiro atoms. The van der Waals surface area contributed by atoms with Gasteiger partial charge < -0.3 is 0 Å². The minimum atomic E-state index is 0.524. The predicted molar refractivity (Wildman–Crippen MR) is 48.1 cm³/mol. The van der Waals surface area contributed by atoms with Crippen LogP contribution in [-0.2, 0) is 0 Å². The molecule has 62 valence electrons. The summed E-state index contributed by atoms with van der Waals surface area (Å²) in [4.78, 5) is 0. The maximum Gasteiger partial charge on any atom is -0.0380 e. The molecule has 0 radical (unpaired) electrons. The third-order valence-electron chi connectivity index (χ3n) is 2.06. The fourth-order valence-electron chi connectivity index (χ4n) is 1.44. The molecular formula is C10H22. The van der Waals surface area contributed by atoms with Gasteiger partial charge in [-0.1, -0.05) is 47.5 Å². The molecule has 0 nitrogen and oxygen atoms in total. The molecule has 0 heteroatoms. The van der Waals surface area contributed by atoms with Gasteiger partial charge in [0.05, 0.1) is 0 Å². The van der Waals surface area contributed by atoms with E-state index in [0.717, 1.165) is 5.92 Å². The third kappa shape index (κ3) is 4.84. The van der Waals surface area contributed by atoms with Crippen molar-refractivity contribution >= 4 is 0 Å². The van der Waals surface area contributed by atoms with Crippen molar-refractivity contribution in [3.8, 4) is 0 Å². The lowest BCUT2D eigenvalue weighted by atomic mass is 9.82. The highest BCUT2D eigenvalue weighted by Gasteiger charge is 2.15. The van der Waals surface area contributed by atoms with Crippen LogP contribution in [0.5, 0.6) is 0 Å². The summed E-state index contributed by atoms with van der Waals surface area (Å²) in [6, 6.07) is 0. The molecule has 0 bridgehead atoms. The van der Waals surface area contributed by atoms with Gasteiger partial charge in [0, 0.05) is 0 Å². The summed E-state index contributed by atoms with van der Waals surface area (Å²) in [5.41, 5.74) is 0.524. The Balaban J connectivity index is 3.63. The normalized spacial score (nSPS) is 12.6. The maximum absolute atomic E-state index is 2.32. The van der Waals surface area contributed by atoms with Crippen LogP contribution in [0.1, 0.15) is 53.9 Å². The van der Waals surface area contributed by atoms with E-state index in [0.29, 0.717) is 5.41 Å². The zero-order valence-corrected chi connectivity index (χ0v) is 8.20. The minimum absolute atomic E-state index is 0.524. The predicted octanol–water partition coefficient (Wildman–Crippen LogP) is 3.86. The highest BCUT2D eigenvalue weighted by atomic mass is 14.2. The van der Waals surface area contributed by atoms with Crippen LogP contribution in [0.15, 0.2) is 0 Å². The molecular weight excluding hydrogens is 120 g/mol. The van der Waals surface area contributed by atoms with Gasteiger partial charge in [0.2, 0.25) is 0 Å². The van der Waals surface area contributed by atoms with Gasteiger partial charge >= 0.3 is 0 Å². The fraction of sp³-hybridized carbons (Fsp3) is 1.00. The third-order valence-corrected chi connectivity index (χ3v) is 2.06. The summed E-state index contributed by atoms with van der Waals surface area (Å²) in [6.07, 6.45) is 4.06. The average molecular weight is 142 g/mol. The van der Waals surface area contributed by atoms with Crippen LogP contribution >= 0.6 is 0 Å². The second-order valence-electron chi connectivity index (χ2n) is 4.45. The Labute approximate surface area is 66.0 Å². The molecule has 0 atom stereocenters. The summed E-state index contributed by atoms with van der Waals surface area (Å²) in [5.74, 6) is 0.944. The quantitative estimate of drug-likeness (QED) is 0.561. The van der Waals surface area contributed by atoms with Gasteiger partial charge in [-0.2, -0.15) is 0 Å². The van der Waals surface area contributed by atoms with Crippen LogP contribution in [0.4, 0.5) is 0 Å². The molecule has 0 aromatic carbocycles. The maximum atomic E-state index is 2.32. The van der Waals surface area contributed by atoms with E-state index in [2.05, 4.69) is 34.6 Å². The topological polar surface area (TPSA) is 0 Å². The summed E-state index contributed by atoms with van der Waals surface area (Å²) in [6.45, 7) is 11.6. The Morgan fingerprint density at radius 3 is 1.50 bits per heavy atom. The lowest BCUT2D eigenvalue weighted by Gasteiger charge is -2.23. The molecule has 0 aromatic heterocycles. The molecule has 0 heterocycles.